The molecule has 1 atom stereocenters. The second-order valence-electron chi connectivity index (χ2n) is 8.51. The minimum Gasteiger partial charge on any atom is -0.444 e. The third-order valence-corrected chi connectivity index (χ3v) is 3.93. The summed E-state index contributed by atoms with van der Waals surface area (Å²) in [6.07, 6.45) is 1.94. The van der Waals surface area contributed by atoms with Gasteiger partial charge in [0, 0.05) is 18.6 Å². The number of alkyl carbamates (subject to hydrolysis) is 1. The largest absolute Gasteiger partial charge is 0.493 e. The Morgan fingerprint density at radius 1 is 1.38 bits per heavy atom. The molecule has 0 spiro atoms. The molecule has 0 radical (unpaired) electrons. The van der Waals surface area contributed by atoms with Crippen molar-refractivity contribution in [3.05, 3.63) is 42.5 Å². The van der Waals surface area contributed by atoms with Crippen molar-refractivity contribution in [1.29, 1.82) is 0 Å². The van der Waals surface area contributed by atoms with Crippen LogP contribution in [0.15, 0.2) is 36.9 Å². The van der Waals surface area contributed by atoms with Gasteiger partial charge in [-0.25, -0.2) is 4.79 Å². The summed E-state index contributed by atoms with van der Waals surface area (Å²) >= 11 is 0. The molecule has 1 aliphatic heterocycles. The lowest BCUT2D eigenvalue weighted by Crippen LogP contribution is -2.47. The molecule has 2 rings (SSSR count). The Labute approximate surface area is 157 Å². The van der Waals surface area contributed by atoms with Crippen LogP contribution in [0.2, 0.25) is 0 Å². The van der Waals surface area contributed by atoms with Crippen molar-refractivity contribution >= 4 is 18.7 Å². The standard InChI is InChI=1S/C20H30BNO4/c1-7-9-17(22-18(23)26-19(2,3)4)15-10-8-11-16(12-15)21-24-13-20(5,6)14-25-21/h7-8,10-12,17H,1,9,13-14H2,2-6H3,(H,22,23)/t17-/m0/s1. The minimum atomic E-state index is -0.540. The quantitative estimate of drug-likeness (QED) is 0.645. The molecule has 1 heterocycles. The van der Waals surface area contributed by atoms with Gasteiger partial charge in [-0.2, -0.15) is 0 Å². The predicted octanol–water partition coefficient (Wildman–Crippen LogP) is 3.60. The first kappa shape index (κ1) is 20.5. The first-order valence-electron chi connectivity index (χ1n) is 9.03. The Hall–Kier alpha value is -1.79. The van der Waals surface area contributed by atoms with Gasteiger partial charge in [-0.05, 0) is 38.2 Å². The van der Waals surface area contributed by atoms with Crippen LogP contribution < -0.4 is 10.8 Å². The molecule has 0 aliphatic carbocycles. The van der Waals surface area contributed by atoms with Gasteiger partial charge in [0.15, 0.2) is 0 Å². The Morgan fingerprint density at radius 2 is 2.04 bits per heavy atom. The van der Waals surface area contributed by atoms with Crippen LogP contribution in [0.1, 0.15) is 52.6 Å². The summed E-state index contributed by atoms with van der Waals surface area (Å²) < 4.78 is 17.1. The topological polar surface area (TPSA) is 56.8 Å². The number of ether oxygens (including phenoxy) is 1. The molecule has 0 bridgehead atoms. The van der Waals surface area contributed by atoms with Crippen molar-refractivity contribution in [2.24, 2.45) is 5.41 Å². The van der Waals surface area contributed by atoms with Crippen LogP contribution >= 0.6 is 0 Å². The molecule has 1 amide bonds. The smallest absolute Gasteiger partial charge is 0.444 e. The van der Waals surface area contributed by atoms with E-state index in [1.165, 1.54) is 0 Å². The van der Waals surface area contributed by atoms with E-state index >= 15 is 0 Å². The van der Waals surface area contributed by atoms with Crippen LogP contribution in [0.5, 0.6) is 0 Å². The van der Waals surface area contributed by atoms with Gasteiger partial charge in [0.2, 0.25) is 0 Å². The summed E-state index contributed by atoms with van der Waals surface area (Å²) in [7, 11) is -0.381. The molecule has 1 aliphatic rings. The number of carbonyl (C=O) groups excluding carboxylic acids is 1. The molecular weight excluding hydrogens is 329 g/mol. The molecule has 0 saturated carbocycles. The molecule has 1 aromatic carbocycles. The zero-order valence-corrected chi connectivity index (χ0v) is 16.5. The lowest BCUT2D eigenvalue weighted by Gasteiger charge is -2.33. The van der Waals surface area contributed by atoms with Crippen molar-refractivity contribution < 1.29 is 18.8 Å². The van der Waals surface area contributed by atoms with Gasteiger partial charge in [-0.3, -0.25) is 0 Å². The third-order valence-electron chi connectivity index (χ3n) is 3.93. The van der Waals surface area contributed by atoms with Gasteiger partial charge in [-0.1, -0.05) is 44.2 Å². The van der Waals surface area contributed by atoms with Crippen molar-refractivity contribution in [3.63, 3.8) is 0 Å². The molecule has 6 heteroatoms. The molecule has 0 aromatic heterocycles. The van der Waals surface area contributed by atoms with Crippen LogP contribution in [0.4, 0.5) is 4.79 Å². The Kier molecular flexibility index (Phi) is 6.53. The Morgan fingerprint density at radius 3 is 2.62 bits per heavy atom. The van der Waals surface area contributed by atoms with Crippen LogP contribution in [0.3, 0.4) is 0 Å². The second-order valence-corrected chi connectivity index (χ2v) is 8.51. The monoisotopic (exact) mass is 359 g/mol. The zero-order valence-electron chi connectivity index (χ0n) is 16.5. The van der Waals surface area contributed by atoms with Crippen molar-refractivity contribution in [3.8, 4) is 0 Å². The van der Waals surface area contributed by atoms with Gasteiger partial charge < -0.3 is 19.4 Å². The number of hydrogen-bond donors (Lipinski definition) is 1. The summed E-state index contributed by atoms with van der Waals surface area (Å²) in [5, 5.41) is 2.92. The predicted molar refractivity (Wildman–Crippen MR) is 104 cm³/mol. The fourth-order valence-corrected chi connectivity index (χ4v) is 2.70. The van der Waals surface area contributed by atoms with Gasteiger partial charge in [-0.15, -0.1) is 6.58 Å². The Balaban J connectivity index is 2.11. The Bertz CT molecular complexity index is 629. The van der Waals surface area contributed by atoms with Gasteiger partial charge in [0.25, 0.3) is 0 Å². The van der Waals surface area contributed by atoms with Crippen LogP contribution in [-0.4, -0.2) is 32.0 Å². The van der Waals surface area contributed by atoms with Crippen molar-refractivity contribution in [2.45, 2.75) is 52.7 Å². The number of rotatable bonds is 5. The number of amides is 1. The highest BCUT2D eigenvalue weighted by Crippen LogP contribution is 2.22. The average molecular weight is 359 g/mol. The first-order valence-corrected chi connectivity index (χ1v) is 9.03. The first-order chi connectivity index (χ1) is 12.1. The van der Waals surface area contributed by atoms with E-state index in [0.29, 0.717) is 19.6 Å². The number of benzene rings is 1. The van der Waals surface area contributed by atoms with E-state index < -0.39 is 11.7 Å². The zero-order chi connectivity index (χ0) is 19.4. The van der Waals surface area contributed by atoms with Crippen molar-refractivity contribution in [1.82, 2.24) is 5.32 Å². The maximum Gasteiger partial charge on any atom is 0.493 e. The maximum absolute atomic E-state index is 12.2. The molecule has 1 saturated heterocycles. The minimum absolute atomic E-state index is 0.0256. The second kappa shape index (κ2) is 8.27. The summed E-state index contributed by atoms with van der Waals surface area (Å²) in [6.45, 7) is 14.8. The molecule has 0 unspecified atom stereocenters. The number of carbonyl (C=O) groups is 1. The fraction of sp³-hybridized carbons (Fsp3) is 0.550. The normalized spacial score (nSPS) is 18.1. The van der Waals surface area contributed by atoms with E-state index in [-0.39, 0.29) is 18.6 Å². The van der Waals surface area contributed by atoms with Crippen LogP contribution in [0.25, 0.3) is 0 Å². The number of hydrogen-bond acceptors (Lipinski definition) is 4. The summed E-state index contributed by atoms with van der Waals surface area (Å²) in [6, 6.07) is 7.69. The van der Waals surface area contributed by atoms with Crippen LogP contribution in [0, 0.1) is 5.41 Å². The van der Waals surface area contributed by atoms with E-state index in [2.05, 4.69) is 25.7 Å². The molecule has 5 nitrogen and oxygen atoms in total. The third kappa shape index (κ3) is 6.18. The fourth-order valence-electron chi connectivity index (χ4n) is 2.70. The highest BCUT2D eigenvalue weighted by Gasteiger charge is 2.33. The van der Waals surface area contributed by atoms with E-state index in [1.54, 1.807) is 6.08 Å². The molecule has 26 heavy (non-hydrogen) atoms. The number of nitrogens with one attached hydrogen (secondary N) is 1. The SMILES string of the molecule is C=CC[C@H](NC(=O)OC(C)(C)C)c1cccc(B2OCC(C)(C)CO2)c1. The molecule has 1 fully saturated rings. The molecule has 142 valence electrons. The maximum atomic E-state index is 12.2. The van der Waals surface area contributed by atoms with Crippen LogP contribution in [-0.2, 0) is 14.0 Å². The van der Waals surface area contributed by atoms with Crippen molar-refractivity contribution in [2.75, 3.05) is 13.2 Å². The summed E-state index contributed by atoms with van der Waals surface area (Å²) in [4.78, 5) is 12.2. The lowest BCUT2D eigenvalue weighted by molar-refractivity contribution is 0.0343. The highest BCUT2D eigenvalue weighted by molar-refractivity contribution is 6.61. The average Bonchev–Trinajstić information content (AvgIpc) is 2.53. The van der Waals surface area contributed by atoms with Gasteiger partial charge >= 0.3 is 13.2 Å². The van der Waals surface area contributed by atoms with E-state index in [0.717, 1.165) is 11.0 Å². The molecular formula is C20H30BNO4. The van der Waals surface area contributed by atoms with E-state index in [1.807, 2.05) is 45.0 Å². The summed E-state index contributed by atoms with van der Waals surface area (Å²) in [5.41, 5.74) is 1.39. The lowest BCUT2D eigenvalue weighted by atomic mass is 9.75. The van der Waals surface area contributed by atoms with E-state index in [9.17, 15) is 4.79 Å². The van der Waals surface area contributed by atoms with Gasteiger partial charge in [0.05, 0.1) is 6.04 Å². The summed E-state index contributed by atoms with van der Waals surface area (Å²) in [5.74, 6) is 0. The van der Waals surface area contributed by atoms with E-state index in [4.69, 9.17) is 14.0 Å². The molecule has 1 N–H and O–H groups in total. The molecule has 1 aromatic rings. The highest BCUT2D eigenvalue weighted by atomic mass is 16.6. The van der Waals surface area contributed by atoms with Gasteiger partial charge in [0.1, 0.15) is 5.60 Å².